The average Bonchev–Trinajstić information content (AvgIpc) is 3.28. The lowest BCUT2D eigenvalue weighted by Gasteiger charge is -2.11. The van der Waals surface area contributed by atoms with E-state index in [0.29, 0.717) is 17.1 Å². The maximum absolute atomic E-state index is 11.8. The topological polar surface area (TPSA) is 116 Å². The van der Waals surface area contributed by atoms with Crippen LogP contribution in [0.4, 0.5) is 5.69 Å². The number of nitro benzene ring substituents is 1. The number of hydrogen-bond acceptors (Lipinski definition) is 7. The van der Waals surface area contributed by atoms with Gasteiger partial charge in [0.2, 0.25) is 0 Å². The first-order valence-corrected chi connectivity index (χ1v) is 8.48. The van der Waals surface area contributed by atoms with Crippen LogP contribution in [0, 0.1) is 10.1 Å². The first-order valence-electron chi connectivity index (χ1n) is 8.48. The lowest BCUT2D eigenvalue weighted by atomic mass is 10.2. The molecule has 1 aromatic heterocycles. The monoisotopic (exact) mass is 395 g/mol. The number of amides is 1. The van der Waals surface area contributed by atoms with Crippen LogP contribution in [-0.4, -0.2) is 24.2 Å². The molecule has 0 fully saturated rings. The Morgan fingerprint density at radius 2 is 2.00 bits per heavy atom. The van der Waals surface area contributed by atoms with Crippen LogP contribution in [0.15, 0.2) is 70.4 Å². The average molecular weight is 395 g/mol. The van der Waals surface area contributed by atoms with E-state index in [1.54, 1.807) is 36.4 Å². The van der Waals surface area contributed by atoms with E-state index in [2.05, 4.69) is 10.5 Å². The van der Waals surface area contributed by atoms with Crippen molar-refractivity contribution in [2.45, 2.75) is 6.61 Å². The number of benzene rings is 2. The van der Waals surface area contributed by atoms with Crippen LogP contribution in [0.1, 0.15) is 21.7 Å². The molecule has 3 aromatic rings. The summed E-state index contributed by atoms with van der Waals surface area (Å²) in [6.07, 6.45) is 2.86. The largest absolute Gasteiger partial charge is 0.493 e. The van der Waals surface area contributed by atoms with E-state index in [4.69, 9.17) is 13.9 Å². The number of nitrogens with zero attached hydrogens (tertiary/aromatic N) is 2. The highest BCUT2D eigenvalue weighted by Gasteiger charge is 2.09. The summed E-state index contributed by atoms with van der Waals surface area (Å²) < 4.78 is 16.0. The molecule has 0 spiro atoms. The molecule has 0 saturated heterocycles. The van der Waals surface area contributed by atoms with E-state index in [1.807, 2.05) is 0 Å². The predicted molar refractivity (Wildman–Crippen MR) is 104 cm³/mol. The highest BCUT2D eigenvalue weighted by molar-refractivity contribution is 5.92. The molecule has 0 bridgehead atoms. The first-order chi connectivity index (χ1) is 14.1. The fourth-order valence-corrected chi connectivity index (χ4v) is 2.39. The van der Waals surface area contributed by atoms with Gasteiger partial charge >= 0.3 is 5.91 Å². The number of hydrogen-bond donors (Lipinski definition) is 1. The van der Waals surface area contributed by atoms with Gasteiger partial charge in [-0.2, -0.15) is 5.10 Å². The zero-order valence-electron chi connectivity index (χ0n) is 15.4. The van der Waals surface area contributed by atoms with Gasteiger partial charge in [0.1, 0.15) is 6.61 Å². The smallest absolute Gasteiger partial charge is 0.307 e. The summed E-state index contributed by atoms with van der Waals surface area (Å²) in [4.78, 5) is 22.0. The van der Waals surface area contributed by atoms with Crippen molar-refractivity contribution in [3.05, 3.63) is 87.9 Å². The third-order valence-corrected chi connectivity index (χ3v) is 3.85. The van der Waals surface area contributed by atoms with Crippen molar-refractivity contribution >= 4 is 17.8 Å². The van der Waals surface area contributed by atoms with Gasteiger partial charge in [-0.05, 0) is 53.6 Å². The Morgan fingerprint density at radius 1 is 1.21 bits per heavy atom. The molecule has 0 aliphatic heterocycles. The summed E-state index contributed by atoms with van der Waals surface area (Å²) in [6, 6.07) is 14.4. The maximum Gasteiger partial charge on any atom is 0.307 e. The minimum absolute atomic E-state index is 0.0223. The van der Waals surface area contributed by atoms with Gasteiger partial charge in [-0.1, -0.05) is 0 Å². The second kappa shape index (κ2) is 9.18. The minimum atomic E-state index is -0.457. The Kier molecular flexibility index (Phi) is 6.21. The van der Waals surface area contributed by atoms with Crippen LogP contribution >= 0.6 is 0 Å². The van der Waals surface area contributed by atoms with Gasteiger partial charge in [0.15, 0.2) is 17.3 Å². The molecule has 9 heteroatoms. The molecular formula is C20H17N3O6. The van der Waals surface area contributed by atoms with E-state index in [9.17, 15) is 14.9 Å². The number of rotatable bonds is 8. The number of nitro groups is 1. The van der Waals surface area contributed by atoms with Crippen molar-refractivity contribution in [1.29, 1.82) is 0 Å². The van der Waals surface area contributed by atoms with Crippen LogP contribution in [-0.2, 0) is 6.61 Å². The molecule has 0 unspecified atom stereocenters. The van der Waals surface area contributed by atoms with Crippen molar-refractivity contribution in [3.63, 3.8) is 0 Å². The Hall–Kier alpha value is -4.14. The van der Waals surface area contributed by atoms with E-state index >= 15 is 0 Å². The van der Waals surface area contributed by atoms with Gasteiger partial charge in [-0.25, -0.2) is 5.43 Å². The molecule has 0 radical (unpaired) electrons. The molecule has 1 N–H and O–H groups in total. The Labute approximate surface area is 165 Å². The standard InChI is InChI=1S/C20H17N3O6/c1-27-19-11-15(12-21-22-20(24)18-3-2-10-28-18)6-9-17(19)29-13-14-4-7-16(8-5-14)23(25)26/h2-12H,13H2,1H3,(H,22,24)/b21-12-. The molecular weight excluding hydrogens is 378 g/mol. The van der Waals surface area contributed by atoms with Crippen LogP contribution < -0.4 is 14.9 Å². The summed E-state index contributed by atoms with van der Waals surface area (Å²) in [6.45, 7) is 0.223. The third kappa shape index (κ3) is 5.19. The minimum Gasteiger partial charge on any atom is -0.493 e. The second-order valence-corrected chi connectivity index (χ2v) is 5.80. The summed E-state index contributed by atoms with van der Waals surface area (Å²) in [5.41, 5.74) is 3.85. The van der Waals surface area contributed by atoms with Gasteiger partial charge in [-0.15, -0.1) is 0 Å². The molecule has 148 valence electrons. The lowest BCUT2D eigenvalue weighted by Crippen LogP contribution is -2.16. The summed E-state index contributed by atoms with van der Waals surface area (Å²) >= 11 is 0. The van der Waals surface area contributed by atoms with E-state index in [0.717, 1.165) is 5.56 Å². The number of non-ortho nitro benzene ring substituents is 1. The van der Waals surface area contributed by atoms with Crippen molar-refractivity contribution in [1.82, 2.24) is 5.43 Å². The lowest BCUT2D eigenvalue weighted by molar-refractivity contribution is -0.384. The van der Waals surface area contributed by atoms with Gasteiger partial charge in [-0.3, -0.25) is 14.9 Å². The van der Waals surface area contributed by atoms with E-state index in [-0.39, 0.29) is 18.1 Å². The zero-order valence-corrected chi connectivity index (χ0v) is 15.4. The van der Waals surface area contributed by atoms with Crippen LogP contribution in [0.2, 0.25) is 0 Å². The van der Waals surface area contributed by atoms with Crippen molar-refractivity contribution < 1.29 is 23.6 Å². The summed E-state index contributed by atoms with van der Waals surface area (Å²) in [5, 5.41) is 14.6. The molecule has 29 heavy (non-hydrogen) atoms. The molecule has 0 aliphatic rings. The summed E-state index contributed by atoms with van der Waals surface area (Å²) in [7, 11) is 1.51. The van der Waals surface area contributed by atoms with E-state index in [1.165, 1.54) is 37.8 Å². The normalized spacial score (nSPS) is 10.7. The molecule has 1 amide bonds. The van der Waals surface area contributed by atoms with Gasteiger partial charge in [0.05, 0.1) is 24.5 Å². The van der Waals surface area contributed by atoms with E-state index < -0.39 is 10.8 Å². The number of ether oxygens (including phenoxy) is 2. The molecule has 0 atom stereocenters. The number of nitrogens with one attached hydrogen (secondary N) is 1. The number of carbonyl (C=O) groups is 1. The van der Waals surface area contributed by atoms with Crippen LogP contribution in [0.25, 0.3) is 0 Å². The molecule has 3 rings (SSSR count). The third-order valence-electron chi connectivity index (χ3n) is 3.85. The van der Waals surface area contributed by atoms with Gasteiger partial charge in [0.25, 0.3) is 5.69 Å². The van der Waals surface area contributed by atoms with Crippen molar-refractivity contribution in [2.75, 3.05) is 7.11 Å². The Balaban J connectivity index is 1.61. The predicted octanol–water partition coefficient (Wildman–Crippen LogP) is 3.54. The van der Waals surface area contributed by atoms with Crippen molar-refractivity contribution in [2.24, 2.45) is 5.10 Å². The molecule has 1 heterocycles. The first kappa shape index (κ1) is 19.6. The van der Waals surface area contributed by atoms with Crippen LogP contribution in [0.3, 0.4) is 0 Å². The molecule has 2 aromatic carbocycles. The number of furan rings is 1. The number of carbonyl (C=O) groups excluding carboxylic acids is 1. The molecule has 9 nitrogen and oxygen atoms in total. The Bertz CT molecular complexity index is 1010. The zero-order chi connectivity index (χ0) is 20.6. The quantitative estimate of drug-likeness (QED) is 0.354. The van der Waals surface area contributed by atoms with Gasteiger partial charge in [0, 0.05) is 12.1 Å². The van der Waals surface area contributed by atoms with Gasteiger partial charge < -0.3 is 13.9 Å². The summed E-state index contributed by atoms with van der Waals surface area (Å²) in [5.74, 6) is 0.687. The molecule has 0 saturated carbocycles. The SMILES string of the molecule is COc1cc(/C=N\NC(=O)c2ccco2)ccc1OCc1ccc([N+](=O)[O-])cc1. The fraction of sp³-hybridized carbons (Fsp3) is 0.100. The second-order valence-electron chi connectivity index (χ2n) is 5.80. The van der Waals surface area contributed by atoms with Crippen molar-refractivity contribution in [3.8, 4) is 11.5 Å². The molecule has 0 aliphatic carbocycles. The number of hydrazone groups is 1. The number of methoxy groups -OCH3 is 1. The maximum atomic E-state index is 11.8. The highest BCUT2D eigenvalue weighted by atomic mass is 16.6. The van der Waals surface area contributed by atoms with Crippen LogP contribution in [0.5, 0.6) is 11.5 Å². The highest BCUT2D eigenvalue weighted by Crippen LogP contribution is 2.28. The fourth-order valence-electron chi connectivity index (χ4n) is 2.39. The Morgan fingerprint density at radius 3 is 2.66 bits per heavy atom.